The normalized spacial score (nSPS) is 10.6. The van der Waals surface area contributed by atoms with Crippen LogP contribution < -0.4 is 5.32 Å². The van der Waals surface area contributed by atoms with Crippen LogP contribution in [0.25, 0.3) is 10.4 Å². The van der Waals surface area contributed by atoms with Gasteiger partial charge in [-0.05, 0) is 43.9 Å². The molecule has 10 nitrogen and oxygen atoms in total. The first kappa shape index (κ1) is 25.8. The smallest absolute Gasteiger partial charge is 0.407 e. The quantitative estimate of drug-likeness (QED) is 0.247. The van der Waals surface area contributed by atoms with Crippen molar-refractivity contribution in [3.05, 3.63) is 45.8 Å². The monoisotopic (exact) mass is 433 g/mol. The molecule has 1 aromatic rings. The summed E-state index contributed by atoms with van der Waals surface area (Å²) in [5.74, 6) is -0.670. The molecule has 0 heterocycles. The fourth-order valence-corrected chi connectivity index (χ4v) is 2.63. The maximum Gasteiger partial charge on any atom is 0.407 e. The van der Waals surface area contributed by atoms with Gasteiger partial charge in [0, 0.05) is 37.5 Å². The van der Waals surface area contributed by atoms with Crippen LogP contribution in [0.1, 0.15) is 44.7 Å². The van der Waals surface area contributed by atoms with E-state index >= 15 is 0 Å². The molecule has 1 N–H and O–H groups in total. The Hall–Kier alpha value is -3.26. The number of nitrogens with zero attached hydrogens (tertiary/aromatic N) is 4. The second-order valence-corrected chi connectivity index (χ2v) is 7.84. The highest BCUT2D eigenvalue weighted by Gasteiger charge is 2.16. The second kappa shape index (κ2) is 13.1. The van der Waals surface area contributed by atoms with Crippen molar-refractivity contribution >= 4 is 18.0 Å². The average molecular weight is 434 g/mol. The summed E-state index contributed by atoms with van der Waals surface area (Å²) in [6.45, 7) is 6.60. The van der Waals surface area contributed by atoms with Crippen molar-refractivity contribution in [2.45, 2.75) is 52.2 Å². The van der Waals surface area contributed by atoms with Crippen LogP contribution in [-0.4, -0.2) is 55.2 Å². The number of amides is 2. The van der Waals surface area contributed by atoms with Crippen molar-refractivity contribution in [2.24, 2.45) is 5.11 Å². The first-order valence-electron chi connectivity index (χ1n) is 10.0. The number of azide groups is 1. The molecule has 0 aliphatic rings. The third-order valence-corrected chi connectivity index (χ3v) is 4.13. The maximum absolute atomic E-state index is 12.5. The molecule has 31 heavy (non-hydrogen) atoms. The molecule has 1 aromatic carbocycles. The third kappa shape index (κ3) is 11.5. The molecule has 0 spiro atoms. The number of carbonyl (C=O) groups is 3. The zero-order chi connectivity index (χ0) is 23.3. The number of rotatable bonds is 11. The summed E-state index contributed by atoms with van der Waals surface area (Å²) in [5.41, 5.74) is 9.85. The molecule has 0 aliphatic carbocycles. The number of hydrogen-bond acceptors (Lipinski definition) is 6. The lowest BCUT2D eigenvalue weighted by molar-refractivity contribution is -0.143. The molecule has 0 fully saturated rings. The van der Waals surface area contributed by atoms with Gasteiger partial charge < -0.3 is 19.7 Å². The van der Waals surface area contributed by atoms with Crippen molar-refractivity contribution in [3.63, 3.8) is 0 Å². The van der Waals surface area contributed by atoms with Crippen LogP contribution in [0.2, 0.25) is 0 Å². The van der Waals surface area contributed by atoms with Gasteiger partial charge in [-0.15, -0.1) is 0 Å². The van der Waals surface area contributed by atoms with Crippen molar-refractivity contribution in [1.82, 2.24) is 10.2 Å². The predicted molar refractivity (Wildman–Crippen MR) is 115 cm³/mol. The molecular weight excluding hydrogens is 402 g/mol. The van der Waals surface area contributed by atoms with Gasteiger partial charge in [-0.2, -0.15) is 0 Å². The molecule has 0 saturated carbocycles. The number of carbonyl (C=O) groups excluding carboxylic acids is 3. The summed E-state index contributed by atoms with van der Waals surface area (Å²) in [6.07, 6.45) is 0.206. The summed E-state index contributed by atoms with van der Waals surface area (Å²) >= 11 is 0. The highest BCUT2D eigenvalue weighted by atomic mass is 16.6. The van der Waals surface area contributed by atoms with Crippen molar-refractivity contribution < 1.29 is 23.9 Å². The molecule has 10 heteroatoms. The highest BCUT2D eigenvalue weighted by molar-refractivity contribution is 5.81. The first-order valence-corrected chi connectivity index (χ1v) is 10.0. The van der Waals surface area contributed by atoms with Gasteiger partial charge in [0.25, 0.3) is 0 Å². The highest BCUT2D eigenvalue weighted by Crippen LogP contribution is 2.11. The first-order chi connectivity index (χ1) is 14.6. The molecule has 0 atom stereocenters. The Morgan fingerprint density at radius 1 is 1.13 bits per heavy atom. The lowest BCUT2D eigenvalue weighted by atomic mass is 10.1. The Labute approximate surface area is 182 Å². The maximum atomic E-state index is 12.5. The predicted octanol–water partition coefficient (Wildman–Crippen LogP) is 3.35. The zero-order valence-corrected chi connectivity index (χ0v) is 18.6. The lowest BCUT2D eigenvalue weighted by Gasteiger charge is -2.22. The Morgan fingerprint density at radius 2 is 1.77 bits per heavy atom. The third-order valence-electron chi connectivity index (χ3n) is 4.13. The van der Waals surface area contributed by atoms with Crippen LogP contribution in [-0.2, 0) is 32.0 Å². The van der Waals surface area contributed by atoms with E-state index in [0.717, 1.165) is 11.1 Å². The minimum absolute atomic E-state index is 0.00304. The Balaban J connectivity index is 2.61. The van der Waals surface area contributed by atoms with Gasteiger partial charge in [0.2, 0.25) is 5.91 Å². The van der Waals surface area contributed by atoms with Gasteiger partial charge in [0.1, 0.15) is 5.60 Å². The van der Waals surface area contributed by atoms with E-state index in [0.29, 0.717) is 19.5 Å². The summed E-state index contributed by atoms with van der Waals surface area (Å²) in [4.78, 5) is 39.7. The number of alkyl carbamates (subject to hydrolysis) is 1. The molecule has 170 valence electrons. The number of benzene rings is 1. The van der Waals surface area contributed by atoms with E-state index < -0.39 is 17.7 Å². The van der Waals surface area contributed by atoms with Gasteiger partial charge in [-0.1, -0.05) is 29.4 Å². The molecule has 0 saturated heterocycles. The van der Waals surface area contributed by atoms with Crippen molar-refractivity contribution in [1.29, 1.82) is 0 Å². The summed E-state index contributed by atoms with van der Waals surface area (Å²) in [5, 5.41) is 6.20. The second-order valence-electron chi connectivity index (χ2n) is 7.84. The van der Waals surface area contributed by atoms with Crippen molar-refractivity contribution in [2.75, 3.05) is 26.7 Å². The number of esters is 1. The van der Waals surface area contributed by atoms with E-state index in [1.54, 1.807) is 4.90 Å². The van der Waals surface area contributed by atoms with Crippen LogP contribution in [0.15, 0.2) is 29.4 Å². The number of nitrogens with one attached hydrogen (secondary N) is 1. The summed E-state index contributed by atoms with van der Waals surface area (Å²) in [6, 6.07) is 7.65. The van der Waals surface area contributed by atoms with E-state index in [2.05, 4.69) is 20.1 Å². The zero-order valence-electron chi connectivity index (χ0n) is 18.6. The molecular formula is C21H31N5O5. The average Bonchev–Trinajstić information content (AvgIpc) is 2.71. The van der Waals surface area contributed by atoms with Crippen LogP contribution in [0.4, 0.5) is 4.79 Å². The van der Waals surface area contributed by atoms with Crippen LogP contribution in [0.5, 0.6) is 0 Å². The molecule has 1 rings (SSSR count). The van der Waals surface area contributed by atoms with Gasteiger partial charge in [-0.25, -0.2) is 4.79 Å². The fraction of sp³-hybridized carbons (Fsp3) is 0.571. The van der Waals surface area contributed by atoms with E-state index in [9.17, 15) is 14.4 Å². The van der Waals surface area contributed by atoms with Gasteiger partial charge >= 0.3 is 12.1 Å². The topological polar surface area (TPSA) is 134 Å². The minimum Gasteiger partial charge on any atom is -0.469 e. The molecule has 0 aliphatic heterocycles. The standard InChI is InChI=1S/C21H31N5O5/c1-21(2,3)31-20(29)23-12-11-16-5-7-17(8-6-16)15-26(14-13-24-25-22)18(27)9-10-19(28)30-4/h5-8H,9-15H2,1-4H3,(H,23,29). The largest absolute Gasteiger partial charge is 0.469 e. The van der Waals surface area contributed by atoms with E-state index in [1.165, 1.54) is 7.11 Å². The molecule has 0 radical (unpaired) electrons. The van der Waals surface area contributed by atoms with Crippen molar-refractivity contribution in [3.8, 4) is 0 Å². The Morgan fingerprint density at radius 3 is 2.35 bits per heavy atom. The summed E-state index contributed by atoms with van der Waals surface area (Å²) < 4.78 is 9.77. The minimum atomic E-state index is -0.537. The number of methoxy groups -OCH3 is 1. The molecule has 0 aromatic heterocycles. The Bertz CT molecular complexity index is 782. The number of ether oxygens (including phenoxy) is 2. The van der Waals surface area contributed by atoms with E-state index in [4.69, 9.17) is 10.3 Å². The fourth-order valence-electron chi connectivity index (χ4n) is 2.63. The van der Waals surface area contributed by atoms with Crippen LogP contribution >= 0.6 is 0 Å². The lowest BCUT2D eigenvalue weighted by Crippen LogP contribution is -2.33. The molecule has 2 amide bonds. The van der Waals surface area contributed by atoms with E-state index in [1.807, 2.05) is 45.0 Å². The van der Waals surface area contributed by atoms with Crippen LogP contribution in [0.3, 0.4) is 0 Å². The number of hydrogen-bond donors (Lipinski definition) is 1. The Kier molecular flexibility index (Phi) is 10.9. The summed E-state index contributed by atoms with van der Waals surface area (Å²) in [7, 11) is 1.27. The van der Waals surface area contributed by atoms with Gasteiger partial charge in [0.05, 0.1) is 13.5 Å². The van der Waals surface area contributed by atoms with E-state index in [-0.39, 0.29) is 31.8 Å². The van der Waals surface area contributed by atoms with Crippen LogP contribution in [0, 0.1) is 0 Å². The van der Waals surface area contributed by atoms with Gasteiger partial charge in [-0.3, -0.25) is 9.59 Å². The van der Waals surface area contributed by atoms with Gasteiger partial charge in [0.15, 0.2) is 0 Å². The SMILES string of the molecule is COC(=O)CCC(=O)N(CCN=[N+]=[N-])Cc1ccc(CCNC(=O)OC(C)(C)C)cc1. The molecule has 0 unspecified atom stereocenters. The molecule has 0 bridgehead atoms.